The van der Waals surface area contributed by atoms with Gasteiger partial charge in [0.05, 0.1) is 19.0 Å². The van der Waals surface area contributed by atoms with Gasteiger partial charge in [0.2, 0.25) is 0 Å². The lowest BCUT2D eigenvalue weighted by Crippen LogP contribution is -2.38. The van der Waals surface area contributed by atoms with Crippen LogP contribution in [-0.2, 0) is 13.0 Å². The van der Waals surface area contributed by atoms with Crippen molar-refractivity contribution in [3.05, 3.63) is 65.9 Å². The average Bonchev–Trinajstić information content (AvgIpc) is 3.15. The van der Waals surface area contributed by atoms with Crippen LogP contribution in [0.3, 0.4) is 0 Å². The van der Waals surface area contributed by atoms with Crippen LogP contribution in [0.1, 0.15) is 11.1 Å². The summed E-state index contributed by atoms with van der Waals surface area (Å²) in [7, 11) is 1.67. The molecule has 1 aliphatic rings. The molecule has 1 aliphatic heterocycles. The summed E-state index contributed by atoms with van der Waals surface area (Å²) in [6.07, 6.45) is 2.86. The third-order valence-electron chi connectivity index (χ3n) is 4.56. The molecule has 0 aliphatic carbocycles. The first-order chi connectivity index (χ1) is 12.3. The number of H-pyrrole nitrogens is 1. The summed E-state index contributed by atoms with van der Waals surface area (Å²) in [5.41, 5.74) is 4.53. The van der Waals surface area contributed by atoms with Crippen LogP contribution >= 0.6 is 0 Å². The van der Waals surface area contributed by atoms with Gasteiger partial charge >= 0.3 is 0 Å². The summed E-state index contributed by atoms with van der Waals surface area (Å²) < 4.78 is 11.1. The molecule has 4 rings (SSSR count). The molecule has 0 radical (unpaired) electrons. The molecular formula is C20H21N3O2. The lowest BCUT2D eigenvalue weighted by molar-refractivity contribution is 0.238. The highest BCUT2D eigenvalue weighted by Gasteiger charge is 2.19. The molecule has 128 valence electrons. The van der Waals surface area contributed by atoms with Gasteiger partial charge in [-0.05, 0) is 42.3 Å². The Morgan fingerprint density at radius 3 is 2.88 bits per heavy atom. The van der Waals surface area contributed by atoms with E-state index in [-0.39, 0.29) is 0 Å². The van der Waals surface area contributed by atoms with Crippen molar-refractivity contribution in [1.29, 1.82) is 0 Å². The number of benzene rings is 2. The second kappa shape index (κ2) is 6.99. The minimum absolute atomic E-state index is 0.300. The number of fused-ring (bicyclic) bond motifs is 1. The fourth-order valence-corrected chi connectivity index (χ4v) is 3.17. The molecule has 0 saturated heterocycles. The second-order valence-corrected chi connectivity index (χ2v) is 6.20. The monoisotopic (exact) mass is 335 g/mol. The summed E-state index contributed by atoms with van der Waals surface area (Å²) >= 11 is 0. The van der Waals surface area contributed by atoms with Crippen LogP contribution in [-0.4, -0.2) is 30.0 Å². The standard InChI is InChI=1S/C20H21N3O2/c1-24-18-8-6-14(7-9-18)20-16(12-22-23-20)11-21-17-10-15-4-2-3-5-19(15)25-13-17/h2-9,12,17,21H,10-11,13H2,1H3,(H,22,23). The van der Waals surface area contributed by atoms with E-state index in [0.29, 0.717) is 12.6 Å². The molecular weight excluding hydrogens is 314 g/mol. The van der Waals surface area contributed by atoms with Crippen LogP contribution in [0.4, 0.5) is 0 Å². The fourth-order valence-electron chi connectivity index (χ4n) is 3.17. The number of rotatable bonds is 5. The molecule has 0 amide bonds. The molecule has 5 heteroatoms. The van der Waals surface area contributed by atoms with E-state index in [9.17, 15) is 0 Å². The van der Waals surface area contributed by atoms with E-state index < -0.39 is 0 Å². The third-order valence-corrected chi connectivity index (χ3v) is 4.56. The number of nitrogens with zero attached hydrogens (tertiary/aromatic N) is 1. The number of aromatic amines is 1. The highest BCUT2D eigenvalue weighted by Crippen LogP contribution is 2.26. The van der Waals surface area contributed by atoms with Gasteiger partial charge in [0.25, 0.3) is 0 Å². The maximum Gasteiger partial charge on any atom is 0.122 e. The van der Waals surface area contributed by atoms with E-state index in [2.05, 4.69) is 27.6 Å². The van der Waals surface area contributed by atoms with Crippen LogP contribution < -0.4 is 14.8 Å². The topological polar surface area (TPSA) is 59.2 Å². The van der Waals surface area contributed by atoms with Crippen LogP contribution in [0, 0.1) is 0 Å². The Morgan fingerprint density at radius 2 is 2.04 bits per heavy atom. The van der Waals surface area contributed by atoms with Gasteiger partial charge < -0.3 is 14.8 Å². The number of aromatic nitrogens is 2. The summed E-state index contributed by atoms with van der Waals surface area (Å²) in [5.74, 6) is 1.85. The number of hydrogen-bond acceptors (Lipinski definition) is 4. The van der Waals surface area contributed by atoms with Crippen LogP contribution in [0.5, 0.6) is 11.5 Å². The molecule has 1 atom stereocenters. The summed E-state index contributed by atoms with van der Waals surface area (Å²) in [5, 5.41) is 10.9. The molecule has 5 nitrogen and oxygen atoms in total. The first-order valence-corrected chi connectivity index (χ1v) is 8.44. The summed E-state index contributed by atoms with van der Waals surface area (Å²) in [6.45, 7) is 1.43. The van der Waals surface area contributed by atoms with E-state index in [4.69, 9.17) is 9.47 Å². The van der Waals surface area contributed by atoms with Gasteiger partial charge in [-0.2, -0.15) is 5.10 Å². The third kappa shape index (κ3) is 3.37. The maximum atomic E-state index is 5.85. The van der Waals surface area contributed by atoms with Crippen molar-refractivity contribution in [3.8, 4) is 22.8 Å². The van der Waals surface area contributed by atoms with Gasteiger partial charge in [-0.1, -0.05) is 18.2 Å². The molecule has 2 N–H and O–H groups in total. The smallest absolute Gasteiger partial charge is 0.122 e. The van der Waals surface area contributed by atoms with E-state index in [1.807, 2.05) is 42.6 Å². The normalized spacial score (nSPS) is 16.1. The SMILES string of the molecule is COc1ccc(-c2[nH]ncc2CNC2COc3ccccc3C2)cc1. The number of hydrogen-bond donors (Lipinski definition) is 2. The summed E-state index contributed by atoms with van der Waals surface area (Å²) in [4.78, 5) is 0. The molecule has 2 heterocycles. The molecule has 0 spiro atoms. The van der Waals surface area contributed by atoms with Gasteiger partial charge in [-0.15, -0.1) is 0 Å². The highest BCUT2D eigenvalue weighted by molar-refractivity contribution is 5.63. The number of methoxy groups -OCH3 is 1. The van der Waals surface area contributed by atoms with Crippen LogP contribution in [0.15, 0.2) is 54.7 Å². The molecule has 25 heavy (non-hydrogen) atoms. The van der Waals surface area contributed by atoms with Crippen LogP contribution in [0.25, 0.3) is 11.3 Å². The first-order valence-electron chi connectivity index (χ1n) is 8.44. The van der Waals surface area contributed by atoms with Gasteiger partial charge in [0, 0.05) is 23.7 Å². The molecule has 1 aromatic heterocycles. The number of para-hydroxylation sites is 1. The minimum Gasteiger partial charge on any atom is -0.497 e. The lowest BCUT2D eigenvalue weighted by atomic mass is 10.0. The van der Waals surface area contributed by atoms with Gasteiger partial charge in [0.1, 0.15) is 18.1 Å². The predicted octanol–water partition coefficient (Wildman–Crippen LogP) is 3.18. The molecule has 2 aromatic carbocycles. The van der Waals surface area contributed by atoms with Crippen molar-refractivity contribution < 1.29 is 9.47 Å². The predicted molar refractivity (Wildman–Crippen MR) is 96.8 cm³/mol. The van der Waals surface area contributed by atoms with Crippen molar-refractivity contribution in [2.24, 2.45) is 0 Å². The summed E-state index contributed by atoms with van der Waals surface area (Å²) in [6, 6.07) is 16.5. The fraction of sp³-hybridized carbons (Fsp3) is 0.250. The number of ether oxygens (including phenoxy) is 2. The maximum absolute atomic E-state index is 5.85. The van der Waals surface area contributed by atoms with Crippen molar-refractivity contribution in [2.75, 3.05) is 13.7 Å². The Hall–Kier alpha value is -2.79. The molecule has 0 bridgehead atoms. The van der Waals surface area contributed by atoms with Crippen molar-refractivity contribution in [2.45, 2.75) is 19.0 Å². The second-order valence-electron chi connectivity index (χ2n) is 6.20. The van der Waals surface area contributed by atoms with Crippen molar-refractivity contribution in [1.82, 2.24) is 15.5 Å². The lowest BCUT2D eigenvalue weighted by Gasteiger charge is -2.26. The quantitative estimate of drug-likeness (QED) is 0.752. The Bertz CT molecular complexity index is 842. The molecule has 3 aromatic rings. The Labute approximate surface area is 147 Å². The van der Waals surface area contributed by atoms with Crippen LogP contribution in [0.2, 0.25) is 0 Å². The first kappa shape index (κ1) is 15.7. The van der Waals surface area contributed by atoms with Crippen molar-refractivity contribution >= 4 is 0 Å². The van der Waals surface area contributed by atoms with Gasteiger partial charge in [-0.3, -0.25) is 5.10 Å². The van der Waals surface area contributed by atoms with Gasteiger partial charge in [0.15, 0.2) is 0 Å². The molecule has 1 unspecified atom stereocenters. The zero-order chi connectivity index (χ0) is 17.1. The number of nitrogens with one attached hydrogen (secondary N) is 2. The van der Waals surface area contributed by atoms with Gasteiger partial charge in [-0.25, -0.2) is 0 Å². The molecule has 0 saturated carbocycles. The Kier molecular flexibility index (Phi) is 4.39. The molecule has 0 fully saturated rings. The van der Waals surface area contributed by atoms with E-state index in [1.54, 1.807) is 7.11 Å². The van der Waals surface area contributed by atoms with E-state index >= 15 is 0 Å². The largest absolute Gasteiger partial charge is 0.497 e. The van der Waals surface area contributed by atoms with Crippen molar-refractivity contribution in [3.63, 3.8) is 0 Å². The van der Waals surface area contributed by atoms with E-state index in [1.165, 1.54) is 5.56 Å². The Balaban J connectivity index is 1.43. The Morgan fingerprint density at radius 1 is 1.20 bits per heavy atom. The average molecular weight is 335 g/mol. The zero-order valence-corrected chi connectivity index (χ0v) is 14.2. The zero-order valence-electron chi connectivity index (χ0n) is 14.2. The van der Waals surface area contributed by atoms with E-state index in [0.717, 1.165) is 41.3 Å². The highest BCUT2D eigenvalue weighted by atomic mass is 16.5. The minimum atomic E-state index is 0.300.